The number of ketones is 1. The molecular formula is C14H12F3NO3S. The lowest BCUT2D eigenvalue weighted by molar-refractivity contribution is -0.126. The molecule has 0 saturated heterocycles. The second-order valence-corrected chi connectivity index (χ2v) is 6.37. The Hall–Kier alpha value is -1.93. The SMILES string of the molecule is CC(=O)C1(F)C=CC=CC1c1ccc(F)c(S(N)(=O)=O)c1F. The first kappa shape index (κ1) is 16.4. The first-order chi connectivity index (χ1) is 10.1. The molecule has 1 aromatic carbocycles. The zero-order valence-corrected chi connectivity index (χ0v) is 12.2. The monoisotopic (exact) mass is 331 g/mol. The topological polar surface area (TPSA) is 77.2 Å². The Bertz CT molecular complexity index is 802. The van der Waals surface area contributed by atoms with Crippen LogP contribution in [0.5, 0.6) is 0 Å². The average molecular weight is 331 g/mol. The van der Waals surface area contributed by atoms with Crippen molar-refractivity contribution in [1.29, 1.82) is 0 Å². The number of halogens is 3. The highest BCUT2D eigenvalue weighted by Gasteiger charge is 2.44. The highest BCUT2D eigenvalue weighted by atomic mass is 32.2. The van der Waals surface area contributed by atoms with Gasteiger partial charge in [-0.1, -0.05) is 24.3 Å². The standard InChI is InChI=1S/C14H12F3NO3S/c1-8(19)14(17)7-3-2-4-10(14)9-5-6-11(15)13(12(9)16)22(18,20)21/h2-7,10H,1H3,(H2,18,20,21). The number of carbonyl (C=O) groups is 1. The number of primary sulfonamides is 1. The third-order valence-corrected chi connectivity index (χ3v) is 4.39. The van der Waals surface area contributed by atoms with Crippen molar-refractivity contribution in [3.63, 3.8) is 0 Å². The van der Waals surface area contributed by atoms with Crippen molar-refractivity contribution in [3.05, 3.63) is 53.6 Å². The van der Waals surface area contributed by atoms with E-state index in [1.807, 2.05) is 0 Å². The number of rotatable bonds is 3. The molecule has 4 nitrogen and oxygen atoms in total. The maximum atomic E-state index is 14.8. The van der Waals surface area contributed by atoms with Crippen LogP contribution in [0.15, 0.2) is 41.3 Å². The van der Waals surface area contributed by atoms with E-state index in [2.05, 4.69) is 0 Å². The van der Waals surface area contributed by atoms with Crippen molar-refractivity contribution >= 4 is 15.8 Å². The van der Waals surface area contributed by atoms with Gasteiger partial charge in [0.1, 0.15) is 11.6 Å². The molecular weight excluding hydrogens is 319 g/mol. The fourth-order valence-corrected chi connectivity index (χ4v) is 3.04. The molecule has 0 saturated carbocycles. The highest BCUT2D eigenvalue weighted by molar-refractivity contribution is 7.89. The number of nitrogens with two attached hydrogens (primary N) is 1. The number of benzene rings is 1. The Morgan fingerprint density at radius 2 is 1.91 bits per heavy atom. The Balaban J connectivity index is 2.71. The number of alkyl halides is 1. The molecule has 0 radical (unpaired) electrons. The molecule has 0 fully saturated rings. The Morgan fingerprint density at radius 1 is 1.27 bits per heavy atom. The third kappa shape index (κ3) is 2.59. The van der Waals surface area contributed by atoms with E-state index in [9.17, 15) is 26.4 Å². The van der Waals surface area contributed by atoms with Gasteiger partial charge in [-0.25, -0.2) is 26.7 Å². The first-order valence-corrected chi connectivity index (χ1v) is 7.70. The molecule has 0 aromatic heterocycles. The molecule has 1 aliphatic rings. The van der Waals surface area contributed by atoms with Gasteiger partial charge in [0.15, 0.2) is 16.3 Å². The van der Waals surface area contributed by atoms with Crippen molar-refractivity contribution in [3.8, 4) is 0 Å². The van der Waals surface area contributed by atoms with Crippen LogP contribution in [0.25, 0.3) is 0 Å². The number of hydrogen-bond donors (Lipinski definition) is 1. The van der Waals surface area contributed by atoms with E-state index in [-0.39, 0.29) is 0 Å². The lowest BCUT2D eigenvalue weighted by atomic mass is 9.78. The normalized spacial score (nSPS) is 24.5. The van der Waals surface area contributed by atoms with Gasteiger partial charge in [0, 0.05) is 5.56 Å². The molecule has 8 heteroatoms. The lowest BCUT2D eigenvalue weighted by Crippen LogP contribution is -2.37. The summed E-state index contributed by atoms with van der Waals surface area (Å²) in [6.07, 6.45) is 4.80. The molecule has 2 atom stereocenters. The van der Waals surface area contributed by atoms with Crippen molar-refractivity contribution in [2.24, 2.45) is 5.14 Å². The predicted molar refractivity (Wildman–Crippen MR) is 73.3 cm³/mol. The fraction of sp³-hybridized carbons (Fsp3) is 0.214. The molecule has 1 aromatic rings. The summed E-state index contributed by atoms with van der Waals surface area (Å²) in [5.74, 6) is -5.20. The first-order valence-electron chi connectivity index (χ1n) is 6.15. The zero-order valence-electron chi connectivity index (χ0n) is 11.4. The molecule has 0 amide bonds. The van der Waals surface area contributed by atoms with Gasteiger partial charge in [0.2, 0.25) is 10.0 Å². The van der Waals surface area contributed by atoms with Crippen LogP contribution in [0.1, 0.15) is 18.4 Å². The number of allylic oxidation sites excluding steroid dienone is 4. The molecule has 0 spiro atoms. The Labute approximate surface area is 125 Å². The summed E-state index contributed by atoms with van der Waals surface area (Å²) in [7, 11) is -4.68. The van der Waals surface area contributed by atoms with Crippen LogP contribution in [0, 0.1) is 11.6 Å². The minimum absolute atomic E-state index is 0.469. The van der Waals surface area contributed by atoms with Crippen LogP contribution in [0.2, 0.25) is 0 Å². The molecule has 22 heavy (non-hydrogen) atoms. The third-order valence-electron chi connectivity index (χ3n) is 3.44. The van der Waals surface area contributed by atoms with Gasteiger partial charge in [-0.15, -0.1) is 0 Å². The highest BCUT2D eigenvalue weighted by Crippen LogP contribution is 2.40. The molecule has 2 unspecified atom stereocenters. The van der Waals surface area contributed by atoms with Crippen LogP contribution < -0.4 is 5.14 Å². The maximum Gasteiger partial charge on any atom is 0.243 e. The summed E-state index contributed by atoms with van der Waals surface area (Å²) in [4.78, 5) is 10.2. The van der Waals surface area contributed by atoms with Gasteiger partial charge < -0.3 is 0 Å². The van der Waals surface area contributed by atoms with Gasteiger partial charge in [0.05, 0.1) is 5.92 Å². The van der Waals surface area contributed by atoms with Gasteiger partial charge in [0.25, 0.3) is 0 Å². The maximum absolute atomic E-state index is 14.8. The summed E-state index contributed by atoms with van der Waals surface area (Å²) in [5, 5.41) is 4.78. The van der Waals surface area contributed by atoms with E-state index in [1.165, 1.54) is 18.2 Å². The quantitative estimate of drug-likeness (QED) is 0.921. The zero-order chi connectivity index (χ0) is 16.7. The molecule has 2 N–H and O–H groups in total. The van der Waals surface area contributed by atoms with E-state index in [0.29, 0.717) is 6.07 Å². The Kier molecular flexibility index (Phi) is 4.01. The van der Waals surface area contributed by atoms with Gasteiger partial charge in [-0.05, 0) is 19.1 Å². The minimum atomic E-state index is -4.68. The molecule has 0 aliphatic heterocycles. The Morgan fingerprint density at radius 3 is 2.45 bits per heavy atom. The van der Waals surface area contributed by atoms with Crippen molar-refractivity contribution in [2.75, 3.05) is 0 Å². The lowest BCUT2D eigenvalue weighted by Gasteiger charge is -2.29. The smallest absolute Gasteiger partial charge is 0.243 e. The summed E-state index contributed by atoms with van der Waals surface area (Å²) < 4.78 is 65.4. The summed E-state index contributed by atoms with van der Waals surface area (Å²) in [5.41, 5.74) is -3.02. The van der Waals surface area contributed by atoms with E-state index in [0.717, 1.165) is 19.1 Å². The summed E-state index contributed by atoms with van der Waals surface area (Å²) in [6, 6.07) is 1.57. The van der Waals surface area contributed by atoms with E-state index < -0.39 is 49.5 Å². The van der Waals surface area contributed by atoms with Crippen molar-refractivity contribution in [1.82, 2.24) is 0 Å². The van der Waals surface area contributed by atoms with Crippen LogP contribution in [-0.2, 0) is 14.8 Å². The number of hydrogen-bond acceptors (Lipinski definition) is 3. The van der Waals surface area contributed by atoms with E-state index in [4.69, 9.17) is 5.14 Å². The molecule has 0 bridgehead atoms. The number of Topliss-reactive ketones (excluding diaryl/α,β-unsaturated/α-hetero) is 1. The number of sulfonamides is 1. The van der Waals surface area contributed by atoms with Crippen molar-refractivity contribution < 1.29 is 26.4 Å². The van der Waals surface area contributed by atoms with Gasteiger partial charge >= 0.3 is 0 Å². The molecule has 1 aliphatic carbocycles. The van der Waals surface area contributed by atoms with E-state index >= 15 is 0 Å². The molecule has 118 valence electrons. The summed E-state index contributed by atoms with van der Waals surface area (Å²) >= 11 is 0. The number of carbonyl (C=O) groups excluding carboxylic acids is 1. The van der Waals surface area contributed by atoms with E-state index in [1.54, 1.807) is 0 Å². The summed E-state index contributed by atoms with van der Waals surface area (Å²) in [6.45, 7) is 0.985. The van der Waals surface area contributed by atoms with Gasteiger partial charge in [-0.3, -0.25) is 4.79 Å². The van der Waals surface area contributed by atoms with Crippen LogP contribution in [0.3, 0.4) is 0 Å². The van der Waals surface area contributed by atoms with Crippen molar-refractivity contribution in [2.45, 2.75) is 23.4 Å². The molecule has 2 rings (SSSR count). The fourth-order valence-electron chi connectivity index (χ4n) is 2.33. The predicted octanol–water partition coefficient (Wildman–Crippen LogP) is 2.12. The second kappa shape index (κ2) is 5.36. The second-order valence-electron chi connectivity index (χ2n) is 4.87. The van der Waals surface area contributed by atoms with Gasteiger partial charge in [-0.2, -0.15) is 0 Å². The van der Waals surface area contributed by atoms with Crippen LogP contribution in [-0.4, -0.2) is 19.9 Å². The van der Waals surface area contributed by atoms with Crippen LogP contribution in [0.4, 0.5) is 13.2 Å². The largest absolute Gasteiger partial charge is 0.296 e. The van der Waals surface area contributed by atoms with Crippen LogP contribution >= 0.6 is 0 Å². The minimum Gasteiger partial charge on any atom is -0.296 e. The molecule has 0 heterocycles. The average Bonchev–Trinajstić information content (AvgIpc) is 2.38.